The van der Waals surface area contributed by atoms with E-state index >= 15 is 0 Å². The Labute approximate surface area is 130 Å². The standard InChI is InChI=1S/C18H22N2O2/c19-15-4-6-20(7-5-15)18(21)10-14-11-22-17-9-13-3-1-2-12(13)8-16(14)17/h8-9,11,15H,1-7,10,19H2. The van der Waals surface area contributed by atoms with Crippen LogP contribution in [-0.2, 0) is 24.1 Å². The van der Waals surface area contributed by atoms with Gasteiger partial charge in [-0.25, -0.2) is 0 Å². The van der Waals surface area contributed by atoms with Crippen LogP contribution in [0.1, 0.15) is 36.0 Å². The van der Waals surface area contributed by atoms with Gasteiger partial charge in [0.1, 0.15) is 5.58 Å². The van der Waals surface area contributed by atoms with Crippen LogP contribution in [0.3, 0.4) is 0 Å². The molecule has 0 saturated carbocycles. The first kappa shape index (κ1) is 13.8. The molecule has 4 nitrogen and oxygen atoms in total. The highest BCUT2D eigenvalue weighted by molar-refractivity contribution is 5.88. The topological polar surface area (TPSA) is 59.5 Å². The highest BCUT2D eigenvalue weighted by Gasteiger charge is 2.22. The van der Waals surface area contributed by atoms with Crippen LogP contribution in [0.25, 0.3) is 11.0 Å². The van der Waals surface area contributed by atoms with Crippen LogP contribution in [-0.4, -0.2) is 29.9 Å². The van der Waals surface area contributed by atoms with Gasteiger partial charge in [-0.2, -0.15) is 0 Å². The smallest absolute Gasteiger partial charge is 0.227 e. The second kappa shape index (κ2) is 5.43. The summed E-state index contributed by atoms with van der Waals surface area (Å²) in [6.45, 7) is 1.57. The van der Waals surface area contributed by atoms with Crippen LogP contribution in [0.5, 0.6) is 0 Å². The van der Waals surface area contributed by atoms with Gasteiger partial charge in [0.2, 0.25) is 5.91 Å². The largest absolute Gasteiger partial charge is 0.464 e. The first-order valence-electron chi connectivity index (χ1n) is 8.26. The van der Waals surface area contributed by atoms with Crippen LogP contribution in [0.15, 0.2) is 22.8 Å². The number of rotatable bonds is 2. The number of nitrogens with zero attached hydrogens (tertiary/aromatic N) is 1. The molecule has 2 aliphatic rings. The van der Waals surface area contributed by atoms with Crippen molar-refractivity contribution in [1.29, 1.82) is 0 Å². The molecule has 0 spiro atoms. The Morgan fingerprint density at radius 3 is 2.73 bits per heavy atom. The van der Waals surface area contributed by atoms with Gasteiger partial charge in [0.15, 0.2) is 0 Å². The maximum absolute atomic E-state index is 12.5. The van der Waals surface area contributed by atoms with Gasteiger partial charge in [-0.3, -0.25) is 4.79 Å². The summed E-state index contributed by atoms with van der Waals surface area (Å²) >= 11 is 0. The number of likely N-dealkylation sites (tertiary alicyclic amines) is 1. The minimum Gasteiger partial charge on any atom is -0.464 e. The van der Waals surface area contributed by atoms with Crippen molar-refractivity contribution in [3.05, 3.63) is 35.1 Å². The lowest BCUT2D eigenvalue weighted by molar-refractivity contribution is -0.131. The second-order valence-corrected chi connectivity index (χ2v) is 6.63. The molecule has 1 aromatic carbocycles. The van der Waals surface area contributed by atoms with Crippen molar-refractivity contribution < 1.29 is 9.21 Å². The molecule has 116 valence electrons. The van der Waals surface area contributed by atoms with Gasteiger partial charge in [0.05, 0.1) is 12.7 Å². The van der Waals surface area contributed by atoms with E-state index in [9.17, 15) is 4.79 Å². The van der Waals surface area contributed by atoms with Crippen LogP contribution in [0, 0.1) is 0 Å². The summed E-state index contributed by atoms with van der Waals surface area (Å²) < 4.78 is 5.69. The Morgan fingerprint density at radius 2 is 1.95 bits per heavy atom. The van der Waals surface area contributed by atoms with Crippen molar-refractivity contribution in [2.45, 2.75) is 44.6 Å². The molecular formula is C18H22N2O2. The lowest BCUT2D eigenvalue weighted by atomic mass is 10.0. The fourth-order valence-corrected chi connectivity index (χ4v) is 3.71. The molecule has 0 unspecified atom stereocenters. The van der Waals surface area contributed by atoms with Gasteiger partial charge in [-0.1, -0.05) is 0 Å². The molecule has 1 amide bonds. The molecule has 2 heterocycles. The summed E-state index contributed by atoms with van der Waals surface area (Å²) in [5.74, 6) is 0.190. The number of carbonyl (C=O) groups excluding carboxylic acids is 1. The summed E-state index contributed by atoms with van der Waals surface area (Å²) in [6.07, 6.45) is 7.53. The molecule has 0 bridgehead atoms. The van der Waals surface area contributed by atoms with Crippen LogP contribution < -0.4 is 5.73 Å². The molecule has 2 N–H and O–H groups in total. The SMILES string of the molecule is NC1CCN(C(=O)Cc2coc3cc4c(cc23)CCC4)CC1. The van der Waals surface area contributed by atoms with Gasteiger partial charge in [0.25, 0.3) is 0 Å². The van der Waals surface area contributed by atoms with E-state index in [4.69, 9.17) is 10.2 Å². The van der Waals surface area contributed by atoms with E-state index in [1.807, 2.05) is 4.90 Å². The zero-order chi connectivity index (χ0) is 15.1. The van der Waals surface area contributed by atoms with Crippen LogP contribution >= 0.6 is 0 Å². The number of hydrogen-bond acceptors (Lipinski definition) is 3. The van der Waals surface area contributed by atoms with Crippen molar-refractivity contribution in [1.82, 2.24) is 4.90 Å². The van der Waals surface area contributed by atoms with E-state index in [1.54, 1.807) is 6.26 Å². The Morgan fingerprint density at radius 1 is 1.23 bits per heavy atom. The molecule has 1 fully saturated rings. The number of carbonyl (C=O) groups is 1. The van der Waals surface area contributed by atoms with Gasteiger partial charge in [-0.15, -0.1) is 0 Å². The third-order valence-electron chi connectivity index (χ3n) is 5.10. The van der Waals surface area contributed by atoms with Crippen molar-refractivity contribution in [2.75, 3.05) is 13.1 Å². The normalized spacial score (nSPS) is 18.9. The maximum atomic E-state index is 12.5. The lowest BCUT2D eigenvalue weighted by Crippen LogP contribution is -2.43. The summed E-state index contributed by atoms with van der Waals surface area (Å²) in [5.41, 5.74) is 10.7. The number of furan rings is 1. The van der Waals surface area contributed by atoms with Gasteiger partial charge >= 0.3 is 0 Å². The molecule has 2 aromatic rings. The van der Waals surface area contributed by atoms with E-state index in [2.05, 4.69) is 12.1 Å². The number of amides is 1. The molecule has 4 rings (SSSR count). The fraction of sp³-hybridized carbons (Fsp3) is 0.500. The number of hydrogen-bond donors (Lipinski definition) is 1. The fourth-order valence-electron chi connectivity index (χ4n) is 3.71. The van der Waals surface area contributed by atoms with Crippen molar-refractivity contribution in [3.63, 3.8) is 0 Å². The predicted octanol–water partition coefficient (Wildman–Crippen LogP) is 2.41. The average Bonchev–Trinajstić information content (AvgIpc) is 3.12. The third kappa shape index (κ3) is 2.41. The zero-order valence-corrected chi connectivity index (χ0v) is 12.8. The van der Waals surface area contributed by atoms with Crippen molar-refractivity contribution >= 4 is 16.9 Å². The average molecular weight is 298 g/mol. The monoisotopic (exact) mass is 298 g/mol. The second-order valence-electron chi connectivity index (χ2n) is 6.63. The minimum atomic E-state index is 0.190. The van der Waals surface area contributed by atoms with E-state index in [0.717, 1.165) is 55.3 Å². The predicted molar refractivity (Wildman–Crippen MR) is 85.7 cm³/mol. The lowest BCUT2D eigenvalue weighted by Gasteiger charge is -2.30. The molecule has 1 aromatic heterocycles. The molecule has 1 aliphatic carbocycles. The third-order valence-corrected chi connectivity index (χ3v) is 5.10. The van der Waals surface area contributed by atoms with Gasteiger partial charge < -0.3 is 15.1 Å². The summed E-state index contributed by atoms with van der Waals surface area (Å²) in [6, 6.07) is 4.64. The minimum absolute atomic E-state index is 0.190. The van der Waals surface area contributed by atoms with Crippen LogP contribution in [0.2, 0.25) is 0 Å². The maximum Gasteiger partial charge on any atom is 0.227 e. The number of benzene rings is 1. The quantitative estimate of drug-likeness (QED) is 0.926. The summed E-state index contributed by atoms with van der Waals surface area (Å²) in [7, 11) is 0. The Balaban J connectivity index is 1.55. The highest BCUT2D eigenvalue weighted by atomic mass is 16.3. The number of fused-ring (bicyclic) bond motifs is 2. The molecule has 1 saturated heterocycles. The Bertz CT molecular complexity index is 711. The molecule has 1 aliphatic heterocycles. The van der Waals surface area contributed by atoms with Gasteiger partial charge in [0, 0.05) is 30.1 Å². The number of nitrogens with two attached hydrogens (primary N) is 1. The molecule has 22 heavy (non-hydrogen) atoms. The Hall–Kier alpha value is -1.81. The highest BCUT2D eigenvalue weighted by Crippen LogP contribution is 2.30. The molecule has 4 heteroatoms. The van der Waals surface area contributed by atoms with E-state index < -0.39 is 0 Å². The molecular weight excluding hydrogens is 276 g/mol. The van der Waals surface area contributed by atoms with Crippen molar-refractivity contribution in [3.8, 4) is 0 Å². The van der Waals surface area contributed by atoms with E-state index in [1.165, 1.54) is 17.5 Å². The first-order chi connectivity index (χ1) is 10.7. The number of aryl methyl sites for hydroxylation is 2. The first-order valence-corrected chi connectivity index (χ1v) is 8.26. The number of piperidine rings is 1. The van der Waals surface area contributed by atoms with E-state index in [0.29, 0.717) is 6.42 Å². The van der Waals surface area contributed by atoms with E-state index in [-0.39, 0.29) is 11.9 Å². The van der Waals surface area contributed by atoms with Crippen molar-refractivity contribution in [2.24, 2.45) is 5.73 Å². The molecule has 0 atom stereocenters. The van der Waals surface area contributed by atoms with Crippen LogP contribution in [0.4, 0.5) is 0 Å². The van der Waals surface area contributed by atoms with Gasteiger partial charge in [-0.05, 0) is 55.4 Å². The Kier molecular flexibility index (Phi) is 3.41. The summed E-state index contributed by atoms with van der Waals surface area (Å²) in [5, 5.41) is 1.11. The zero-order valence-electron chi connectivity index (χ0n) is 12.8. The summed E-state index contributed by atoms with van der Waals surface area (Å²) in [4.78, 5) is 14.4. The molecule has 0 radical (unpaired) electrons.